The zero-order valence-corrected chi connectivity index (χ0v) is 11.2. The fourth-order valence-electron chi connectivity index (χ4n) is 3.07. The van der Waals surface area contributed by atoms with Gasteiger partial charge in [-0.3, -0.25) is 0 Å². The Bertz CT molecular complexity index is 367. The largest absolute Gasteiger partial charge is 0.508 e. The van der Waals surface area contributed by atoms with Crippen LogP contribution in [0.1, 0.15) is 44.6 Å². The van der Waals surface area contributed by atoms with Crippen LogP contribution in [0.25, 0.3) is 0 Å². The van der Waals surface area contributed by atoms with Crippen LogP contribution in [0.5, 0.6) is 5.75 Å². The molecule has 1 atom stereocenters. The highest BCUT2D eigenvalue weighted by Crippen LogP contribution is 2.33. The number of aliphatic hydroxyl groups excluding tert-OH is 1. The van der Waals surface area contributed by atoms with Crippen molar-refractivity contribution in [1.29, 1.82) is 0 Å². The third kappa shape index (κ3) is 3.49. The zero-order valence-electron chi connectivity index (χ0n) is 11.2. The van der Waals surface area contributed by atoms with Gasteiger partial charge in [0.15, 0.2) is 0 Å². The second-order valence-corrected chi connectivity index (χ2v) is 5.63. The van der Waals surface area contributed by atoms with Crippen molar-refractivity contribution in [2.75, 3.05) is 0 Å². The van der Waals surface area contributed by atoms with E-state index in [2.05, 4.69) is 6.92 Å². The van der Waals surface area contributed by atoms with Crippen LogP contribution in [0, 0.1) is 11.8 Å². The fourth-order valence-corrected chi connectivity index (χ4v) is 3.07. The SMILES string of the molecule is CCC1CCC(C(O)Cc2cccc(O)c2)CC1. The summed E-state index contributed by atoms with van der Waals surface area (Å²) >= 11 is 0. The highest BCUT2D eigenvalue weighted by molar-refractivity contribution is 5.27. The third-order valence-electron chi connectivity index (χ3n) is 4.37. The lowest BCUT2D eigenvalue weighted by Gasteiger charge is -2.31. The molecule has 2 N–H and O–H groups in total. The maximum absolute atomic E-state index is 10.3. The van der Waals surface area contributed by atoms with E-state index in [1.54, 1.807) is 12.1 Å². The molecule has 0 amide bonds. The Morgan fingerprint density at radius 2 is 1.94 bits per heavy atom. The summed E-state index contributed by atoms with van der Waals surface area (Å²) in [6.07, 6.45) is 6.50. The van der Waals surface area contributed by atoms with Crippen LogP contribution < -0.4 is 0 Å². The summed E-state index contributed by atoms with van der Waals surface area (Å²) in [6.45, 7) is 2.26. The van der Waals surface area contributed by atoms with E-state index in [-0.39, 0.29) is 11.9 Å². The molecule has 1 aromatic carbocycles. The number of phenolic OH excluding ortho intramolecular Hbond substituents is 1. The summed E-state index contributed by atoms with van der Waals surface area (Å²) in [7, 11) is 0. The minimum atomic E-state index is -0.260. The van der Waals surface area contributed by atoms with Crippen LogP contribution >= 0.6 is 0 Å². The van der Waals surface area contributed by atoms with E-state index in [0.29, 0.717) is 12.3 Å². The lowest BCUT2D eigenvalue weighted by Crippen LogP contribution is -2.27. The molecule has 0 aliphatic heterocycles. The lowest BCUT2D eigenvalue weighted by molar-refractivity contribution is 0.0735. The minimum Gasteiger partial charge on any atom is -0.508 e. The molecule has 0 radical (unpaired) electrons. The summed E-state index contributed by atoms with van der Waals surface area (Å²) in [4.78, 5) is 0. The quantitative estimate of drug-likeness (QED) is 0.856. The van der Waals surface area contributed by atoms with Gasteiger partial charge in [-0.15, -0.1) is 0 Å². The highest BCUT2D eigenvalue weighted by Gasteiger charge is 2.25. The topological polar surface area (TPSA) is 40.5 Å². The van der Waals surface area contributed by atoms with E-state index in [1.165, 1.54) is 19.3 Å². The number of aliphatic hydroxyl groups is 1. The number of hydrogen-bond acceptors (Lipinski definition) is 2. The Kier molecular flexibility index (Phi) is 4.65. The van der Waals surface area contributed by atoms with E-state index < -0.39 is 0 Å². The van der Waals surface area contributed by atoms with Gasteiger partial charge in [-0.1, -0.05) is 38.3 Å². The first-order chi connectivity index (χ1) is 8.69. The number of phenols is 1. The molecule has 100 valence electrons. The smallest absolute Gasteiger partial charge is 0.115 e. The predicted molar refractivity (Wildman–Crippen MR) is 73.6 cm³/mol. The normalized spacial score (nSPS) is 25.9. The first-order valence-electron chi connectivity index (χ1n) is 7.15. The van der Waals surface area contributed by atoms with Crippen molar-refractivity contribution in [3.8, 4) is 5.75 Å². The molecular weight excluding hydrogens is 224 g/mol. The van der Waals surface area contributed by atoms with E-state index in [4.69, 9.17) is 0 Å². The summed E-state index contributed by atoms with van der Waals surface area (Å²) in [5.41, 5.74) is 1.03. The van der Waals surface area contributed by atoms with Crippen molar-refractivity contribution >= 4 is 0 Å². The lowest BCUT2D eigenvalue weighted by atomic mass is 9.77. The molecule has 1 aliphatic carbocycles. The Balaban J connectivity index is 1.87. The van der Waals surface area contributed by atoms with E-state index in [0.717, 1.165) is 24.3 Å². The van der Waals surface area contributed by atoms with E-state index in [1.807, 2.05) is 12.1 Å². The molecular formula is C16H24O2. The average molecular weight is 248 g/mol. The van der Waals surface area contributed by atoms with E-state index >= 15 is 0 Å². The molecule has 1 aliphatic rings. The maximum Gasteiger partial charge on any atom is 0.115 e. The number of benzene rings is 1. The van der Waals surface area contributed by atoms with Crippen LogP contribution in [-0.2, 0) is 6.42 Å². The van der Waals surface area contributed by atoms with Crippen molar-refractivity contribution in [2.24, 2.45) is 11.8 Å². The van der Waals surface area contributed by atoms with Crippen LogP contribution in [-0.4, -0.2) is 16.3 Å². The standard InChI is InChI=1S/C16H24O2/c1-2-12-6-8-14(9-7-12)16(18)11-13-4-3-5-15(17)10-13/h3-5,10,12,14,16-18H,2,6-9,11H2,1H3. The molecule has 2 heteroatoms. The van der Waals surface area contributed by atoms with Gasteiger partial charge in [-0.05, 0) is 48.8 Å². The van der Waals surface area contributed by atoms with Crippen LogP contribution in [0.15, 0.2) is 24.3 Å². The van der Waals surface area contributed by atoms with Gasteiger partial charge in [0.05, 0.1) is 6.10 Å². The summed E-state index contributed by atoms with van der Waals surface area (Å²) in [5, 5.41) is 19.7. The Morgan fingerprint density at radius 1 is 1.22 bits per heavy atom. The number of rotatable bonds is 4. The summed E-state index contributed by atoms with van der Waals surface area (Å²) < 4.78 is 0. The van der Waals surface area contributed by atoms with E-state index in [9.17, 15) is 10.2 Å². The number of aromatic hydroxyl groups is 1. The van der Waals surface area contributed by atoms with Crippen molar-refractivity contribution < 1.29 is 10.2 Å². The van der Waals surface area contributed by atoms with Gasteiger partial charge < -0.3 is 10.2 Å². The second-order valence-electron chi connectivity index (χ2n) is 5.63. The third-order valence-corrected chi connectivity index (χ3v) is 4.37. The van der Waals surface area contributed by atoms with Crippen LogP contribution in [0.2, 0.25) is 0 Å². The Labute approximate surface area is 110 Å². The van der Waals surface area contributed by atoms with Gasteiger partial charge in [0.2, 0.25) is 0 Å². The molecule has 0 bridgehead atoms. The first-order valence-corrected chi connectivity index (χ1v) is 7.15. The minimum absolute atomic E-state index is 0.260. The Morgan fingerprint density at radius 3 is 2.56 bits per heavy atom. The van der Waals surface area contributed by atoms with Gasteiger partial charge in [-0.25, -0.2) is 0 Å². The monoisotopic (exact) mass is 248 g/mol. The van der Waals surface area contributed by atoms with Gasteiger partial charge in [0.25, 0.3) is 0 Å². The van der Waals surface area contributed by atoms with Gasteiger partial charge in [0.1, 0.15) is 5.75 Å². The molecule has 1 fully saturated rings. The number of hydrogen-bond donors (Lipinski definition) is 2. The maximum atomic E-state index is 10.3. The summed E-state index contributed by atoms with van der Waals surface area (Å²) in [5.74, 6) is 1.60. The molecule has 0 aromatic heterocycles. The van der Waals surface area contributed by atoms with Gasteiger partial charge >= 0.3 is 0 Å². The molecule has 0 heterocycles. The first kappa shape index (κ1) is 13.4. The van der Waals surface area contributed by atoms with Gasteiger partial charge in [0, 0.05) is 0 Å². The summed E-state index contributed by atoms with van der Waals surface area (Å²) in [6, 6.07) is 7.23. The van der Waals surface area contributed by atoms with Crippen molar-refractivity contribution in [3.63, 3.8) is 0 Å². The molecule has 1 aromatic rings. The fraction of sp³-hybridized carbons (Fsp3) is 0.625. The van der Waals surface area contributed by atoms with Crippen LogP contribution in [0.3, 0.4) is 0 Å². The molecule has 2 rings (SSSR count). The predicted octanol–water partition coefficient (Wildman–Crippen LogP) is 3.51. The molecule has 1 saturated carbocycles. The zero-order chi connectivity index (χ0) is 13.0. The average Bonchev–Trinajstić information content (AvgIpc) is 2.39. The highest BCUT2D eigenvalue weighted by atomic mass is 16.3. The van der Waals surface area contributed by atoms with Crippen molar-refractivity contribution in [2.45, 2.75) is 51.6 Å². The second kappa shape index (κ2) is 6.24. The van der Waals surface area contributed by atoms with Crippen molar-refractivity contribution in [3.05, 3.63) is 29.8 Å². The van der Waals surface area contributed by atoms with Gasteiger partial charge in [-0.2, -0.15) is 0 Å². The molecule has 0 spiro atoms. The molecule has 1 unspecified atom stereocenters. The Hall–Kier alpha value is -1.02. The molecule has 2 nitrogen and oxygen atoms in total. The van der Waals surface area contributed by atoms with Crippen molar-refractivity contribution in [1.82, 2.24) is 0 Å². The van der Waals surface area contributed by atoms with Crippen LogP contribution in [0.4, 0.5) is 0 Å². The molecule has 0 saturated heterocycles. The molecule has 18 heavy (non-hydrogen) atoms.